The summed E-state index contributed by atoms with van der Waals surface area (Å²) in [5, 5.41) is 0.207. The zero-order valence-electron chi connectivity index (χ0n) is 10.6. The molecule has 1 saturated heterocycles. The smallest absolute Gasteiger partial charge is 0.148 e. The van der Waals surface area contributed by atoms with E-state index in [1.807, 2.05) is 0 Å². The summed E-state index contributed by atoms with van der Waals surface area (Å²) >= 11 is 5.88. The fraction of sp³-hybridized carbons (Fsp3) is 0.267. The molecule has 1 aliphatic heterocycles. The van der Waals surface area contributed by atoms with E-state index in [4.69, 9.17) is 16.3 Å². The average molecular weight is 296 g/mol. The molecule has 2 heterocycles. The van der Waals surface area contributed by atoms with Crippen LogP contribution in [0, 0.1) is 11.6 Å². The summed E-state index contributed by atoms with van der Waals surface area (Å²) in [4.78, 5) is 3.72. The normalized spacial score (nSPS) is 22.1. The van der Waals surface area contributed by atoms with Crippen LogP contribution in [-0.2, 0) is 10.3 Å². The number of aromatic nitrogens is 1. The molecule has 5 heteroatoms. The molecule has 0 aliphatic carbocycles. The number of benzene rings is 1. The fourth-order valence-electron chi connectivity index (χ4n) is 2.68. The molecule has 0 amide bonds. The Hall–Kier alpha value is -1.52. The summed E-state index contributed by atoms with van der Waals surface area (Å²) in [7, 11) is 0. The molecule has 0 bridgehead atoms. The molecule has 2 nitrogen and oxygen atoms in total. The number of pyridine rings is 1. The molecule has 0 spiro atoms. The van der Waals surface area contributed by atoms with Crippen LogP contribution < -0.4 is 0 Å². The topological polar surface area (TPSA) is 22.1 Å². The largest absolute Gasteiger partial charge is 0.365 e. The second-order valence-electron chi connectivity index (χ2n) is 4.77. The van der Waals surface area contributed by atoms with E-state index in [0.29, 0.717) is 18.6 Å². The Labute approximate surface area is 120 Å². The molecule has 3 rings (SSSR count). The molecule has 0 radical (unpaired) electrons. The first-order valence-electron chi connectivity index (χ1n) is 6.33. The van der Waals surface area contributed by atoms with Gasteiger partial charge in [0, 0.05) is 12.2 Å². The van der Waals surface area contributed by atoms with Crippen molar-refractivity contribution in [3.63, 3.8) is 0 Å². The third-order valence-corrected chi connectivity index (χ3v) is 3.80. The Morgan fingerprint density at radius 3 is 2.60 bits per heavy atom. The van der Waals surface area contributed by atoms with Crippen molar-refractivity contribution in [2.75, 3.05) is 6.61 Å². The minimum Gasteiger partial charge on any atom is -0.365 e. The lowest BCUT2D eigenvalue weighted by atomic mass is 9.84. The highest BCUT2D eigenvalue weighted by Gasteiger charge is 2.41. The van der Waals surface area contributed by atoms with Crippen LogP contribution >= 0.6 is 11.6 Å². The van der Waals surface area contributed by atoms with Gasteiger partial charge in [0.25, 0.3) is 0 Å². The van der Waals surface area contributed by atoms with Gasteiger partial charge < -0.3 is 4.74 Å². The van der Waals surface area contributed by atoms with Crippen molar-refractivity contribution in [2.45, 2.75) is 18.4 Å². The molecule has 1 unspecified atom stereocenters. The average Bonchev–Trinajstić information content (AvgIpc) is 2.93. The maximum atomic E-state index is 14.2. The van der Waals surface area contributed by atoms with E-state index in [2.05, 4.69) is 4.98 Å². The molecule has 0 saturated carbocycles. The van der Waals surface area contributed by atoms with Crippen molar-refractivity contribution in [1.82, 2.24) is 4.98 Å². The first-order valence-corrected chi connectivity index (χ1v) is 6.71. The minimum absolute atomic E-state index is 0.207. The molecular weight excluding hydrogens is 284 g/mol. The van der Waals surface area contributed by atoms with Gasteiger partial charge in [0.15, 0.2) is 0 Å². The van der Waals surface area contributed by atoms with Gasteiger partial charge in [0.05, 0.1) is 6.20 Å². The van der Waals surface area contributed by atoms with Crippen LogP contribution in [-0.4, -0.2) is 11.6 Å². The van der Waals surface area contributed by atoms with E-state index in [-0.39, 0.29) is 11.0 Å². The monoisotopic (exact) mass is 295 g/mol. The van der Waals surface area contributed by atoms with Crippen LogP contribution in [0.15, 0.2) is 36.5 Å². The van der Waals surface area contributed by atoms with Crippen LogP contribution in [0.2, 0.25) is 5.15 Å². The van der Waals surface area contributed by atoms with E-state index in [9.17, 15) is 8.78 Å². The van der Waals surface area contributed by atoms with E-state index in [1.54, 1.807) is 12.1 Å². The highest BCUT2D eigenvalue weighted by Crippen LogP contribution is 2.43. The lowest BCUT2D eigenvalue weighted by Crippen LogP contribution is -2.28. The van der Waals surface area contributed by atoms with E-state index >= 15 is 0 Å². The van der Waals surface area contributed by atoms with Crippen molar-refractivity contribution < 1.29 is 13.5 Å². The van der Waals surface area contributed by atoms with Crippen molar-refractivity contribution >= 4 is 11.6 Å². The van der Waals surface area contributed by atoms with Gasteiger partial charge in [0.2, 0.25) is 0 Å². The predicted octanol–water partition coefficient (Wildman–Crippen LogP) is 4.07. The summed E-state index contributed by atoms with van der Waals surface area (Å²) in [6.07, 6.45) is 2.51. The quantitative estimate of drug-likeness (QED) is 0.779. The van der Waals surface area contributed by atoms with E-state index in [1.165, 1.54) is 18.2 Å². The van der Waals surface area contributed by atoms with Gasteiger partial charge in [-0.15, -0.1) is 0 Å². The lowest BCUT2D eigenvalue weighted by Gasteiger charge is -2.30. The van der Waals surface area contributed by atoms with Crippen LogP contribution in [0.5, 0.6) is 0 Å². The van der Waals surface area contributed by atoms with E-state index in [0.717, 1.165) is 18.2 Å². The highest BCUT2D eigenvalue weighted by atomic mass is 35.5. The van der Waals surface area contributed by atoms with Gasteiger partial charge in [0.1, 0.15) is 22.4 Å². The van der Waals surface area contributed by atoms with Crippen LogP contribution in [0.3, 0.4) is 0 Å². The van der Waals surface area contributed by atoms with Crippen LogP contribution in [0.4, 0.5) is 8.78 Å². The molecule has 1 aromatic heterocycles. The van der Waals surface area contributed by atoms with Crippen LogP contribution in [0.1, 0.15) is 24.0 Å². The molecule has 20 heavy (non-hydrogen) atoms. The van der Waals surface area contributed by atoms with Gasteiger partial charge >= 0.3 is 0 Å². The molecular formula is C15H12ClF2NO. The molecule has 2 aromatic rings. The maximum absolute atomic E-state index is 14.2. The molecule has 1 atom stereocenters. The zero-order chi connectivity index (χ0) is 14.2. The van der Waals surface area contributed by atoms with Crippen molar-refractivity contribution in [3.8, 4) is 0 Å². The minimum atomic E-state index is -0.912. The summed E-state index contributed by atoms with van der Waals surface area (Å²) in [6.45, 7) is 0.525. The summed E-state index contributed by atoms with van der Waals surface area (Å²) in [5.41, 5.74) is 0.156. The number of ether oxygens (including phenoxy) is 1. The fourth-order valence-corrected chi connectivity index (χ4v) is 2.83. The molecule has 0 N–H and O–H groups in total. The van der Waals surface area contributed by atoms with Crippen molar-refractivity contribution in [3.05, 3.63) is 64.4 Å². The van der Waals surface area contributed by atoms with Gasteiger partial charge in [-0.25, -0.2) is 13.8 Å². The second-order valence-corrected chi connectivity index (χ2v) is 5.16. The Kier molecular flexibility index (Phi) is 3.44. The Morgan fingerprint density at radius 1 is 1.20 bits per heavy atom. The number of rotatable bonds is 2. The predicted molar refractivity (Wildman–Crippen MR) is 71.6 cm³/mol. The Morgan fingerprint density at radius 2 is 1.95 bits per heavy atom. The number of hydrogen-bond donors (Lipinski definition) is 0. The SMILES string of the molecule is Fc1ccc(C2(c3cc(Cl)ncc3F)CCCO2)cc1. The Bertz CT molecular complexity index is 624. The summed E-state index contributed by atoms with van der Waals surface area (Å²) in [6, 6.07) is 7.41. The van der Waals surface area contributed by atoms with E-state index < -0.39 is 11.4 Å². The number of nitrogens with zero attached hydrogens (tertiary/aromatic N) is 1. The summed E-state index contributed by atoms with van der Waals surface area (Å²) < 4.78 is 33.1. The Balaban J connectivity index is 2.17. The summed E-state index contributed by atoms with van der Waals surface area (Å²) in [5.74, 6) is -0.809. The number of halogens is 3. The standard InChI is InChI=1S/C15H12ClF2NO/c16-14-8-12(13(18)9-19-14)15(6-1-7-20-15)10-2-4-11(17)5-3-10/h2-5,8-9H,1,6-7H2. The molecule has 1 fully saturated rings. The third-order valence-electron chi connectivity index (χ3n) is 3.59. The van der Waals surface area contributed by atoms with Crippen LogP contribution in [0.25, 0.3) is 0 Å². The molecule has 1 aromatic carbocycles. The van der Waals surface area contributed by atoms with Crippen molar-refractivity contribution in [1.29, 1.82) is 0 Å². The maximum Gasteiger partial charge on any atom is 0.148 e. The number of hydrogen-bond acceptors (Lipinski definition) is 2. The lowest BCUT2D eigenvalue weighted by molar-refractivity contribution is 0.0329. The van der Waals surface area contributed by atoms with Gasteiger partial charge in [-0.2, -0.15) is 0 Å². The second kappa shape index (κ2) is 5.11. The van der Waals surface area contributed by atoms with Gasteiger partial charge in [-0.1, -0.05) is 23.7 Å². The van der Waals surface area contributed by atoms with Crippen molar-refractivity contribution in [2.24, 2.45) is 0 Å². The first-order chi connectivity index (χ1) is 9.62. The highest BCUT2D eigenvalue weighted by molar-refractivity contribution is 6.29. The molecule has 1 aliphatic rings. The third kappa shape index (κ3) is 2.19. The molecule has 104 valence electrons. The van der Waals surface area contributed by atoms with Gasteiger partial charge in [-0.3, -0.25) is 0 Å². The van der Waals surface area contributed by atoms with Gasteiger partial charge in [-0.05, 0) is 36.6 Å². The first kappa shape index (κ1) is 13.5. The zero-order valence-corrected chi connectivity index (χ0v) is 11.3.